The SMILES string of the molecule is O=C(CN(CCO)C1CC1)Nc1ccccc1C(=O)NCc1ccccc1. The number of hydrogen-bond donors (Lipinski definition) is 3. The molecule has 0 bridgehead atoms. The molecular weight excluding hydrogens is 342 g/mol. The van der Waals surface area contributed by atoms with Crippen LogP contribution in [-0.4, -0.2) is 47.6 Å². The average Bonchev–Trinajstić information content (AvgIpc) is 3.52. The number of carbonyl (C=O) groups excluding carboxylic acids is 2. The summed E-state index contributed by atoms with van der Waals surface area (Å²) in [5.74, 6) is -0.414. The smallest absolute Gasteiger partial charge is 0.253 e. The Hall–Kier alpha value is -2.70. The van der Waals surface area contributed by atoms with E-state index in [2.05, 4.69) is 10.6 Å². The van der Waals surface area contributed by atoms with Gasteiger partial charge in [-0.15, -0.1) is 0 Å². The van der Waals surface area contributed by atoms with Crippen molar-refractivity contribution in [2.75, 3.05) is 25.0 Å². The Morgan fingerprint density at radius 1 is 1.04 bits per heavy atom. The molecule has 0 spiro atoms. The van der Waals surface area contributed by atoms with E-state index in [0.29, 0.717) is 30.4 Å². The molecule has 1 saturated carbocycles. The first-order chi connectivity index (χ1) is 13.2. The van der Waals surface area contributed by atoms with Gasteiger partial charge in [-0.3, -0.25) is 14.5 Å². The zero-order chi connectivity index (χ0) is 19.1. The van der Waals surface area contributed by atoms with Crippen LogP contribution in [0.2, 0.25) is 0 Å². The molecule has 0 atom stereocenters. The quantitative estimate of drug-likeness (QED) is 0.633. The molecule has 3 rings (SSSR count). The standard InChI is InChI=1S/C21H25N3O3/c25-13-12-24(17-10-11-17)15-20(26)23-19-9-5-4-8-18(19)21(27)22-14-16-6-2-1-3-7-16/h1-9,17,25H,10-15H2,(H,22,27)(H,23,26). The van der Waals surface area contributed by atoms with Crippen LogP contribution in [0.15, 0.2) is 54.6 Å². The Balaban J connectivity index is 1.60. The van der Waals surface area contributed by atoms with Gasteiger partial charge in [-0.2, -0.15) is 0 Å². The number of aliphatic hydroxyl groups excluding tert-OH is 1. The third-order valence-corrected chi connectivity index (χ3v) is 4.54. The highest BCUT2D eigenvalue weighted by Crippen LogP contribution is 2.26. The van der Waals surface area contributed by atoms with E-state index >= 15 is 0 Å². The van der Waals surface area contributed by atoms with Crippen LogP contribution in [0.4, 0.5) is 5.69 Å². The van der Waals surface area contributed by atoms with Gasteiger partial charge in [0, 0.05) is 19.1 Å². The van der Waals surface area contributed by atoms with E-state index in [-0.39, 0.29) is 25.0 Å². The van der Waals surface area contributed by atoms with Crippen LogP contribution in [0.3, 0.4) is 0 Å². The monoisotopic (exact) mass is 367 g/mol. The lowest BCUT2D eigenvalue weighted by atomic mass is 10.1. The first-order valence-electron chi connectivity index (χ1n) is 9.23. The molecule has 3 N–H and O–H groups in total. The number of amides is 2. The summed E-state index contributed by atoms with van der Waals surface area (Å²) in [5, 5.41) is 14.9. The normalized spacial score (nSPS) is 13.4. The minimum atomic E-state index is -0.232. The topological polar surface area (TPSA) is 81.7 Å². The molecular formula is C21H25N3O3. The second kappa shape index (κ2) is 9.30. The van der Waals surface area contributed by atoms with Crippen LogP contribution in [0.5, 0.6) is 0 Å². The molecule has 2 amide bonds. The molecule has 142 valence electrons. The van der Waals surface area contributed by atoms with Crippen LogP contribution in [0, 0.1) is 0 Å². The van der Waals surface area contributed by atoms with Crippen LogP contribution < -0.4 is 10.6 Å². The highest BCUT2D eigenvalue weighted by molar-refractivity contribution is 6.04. The predicted octanol–water partition coefficient (Wildman–Crippen LogP) is 2.01. The van der Waals surface area contributed by atoms with E-state index in [0.717, 1.165) is 18.4 Å². The van der Waals surface area contributed by atoms with Gasteiger partial charge in [0.15, 0.2) is 0 Å². The zero-order valence-electron chi connectivity index (χ0n) is 15.2. The number of carbonyl (C=O) groups is 2. The molecule has 0 heterocycles. The van der Waals surface area contributed by atoms with Crippen molar-refractivity contribution in [1.29, 1.82) is 0 Å². The molecule has 0 radical (unpaired) electrons. The Morgan fingerprint density at radius 2 is 1.74 bits per heavy atom. The van der Waals surface area contributed by atoms with Crippen LogP contribution in [-0.2, 0) is 11.3 Å². The number of anilines is 1. The Bertz CT molecular complexity index is 775. The summed E-state index contributed by atoms with van der Waals surface area (Å²) in [4.78, 5) is 27.0. The van der Waals surface area contributed by atoms with Crippen molar-refractivity contribution in [1.82, 2.24) is 10.2 Å². The number of para-hydroxylation sites is 1. The fourth-order valence-electron chi connectivity index (χ4n) is 3.00. The molecule has 1 aliphatic rings. The first-order valence-corrected chi connectivity index (χ1v) is 9.23. The van der Waals surface area contributed by atoms with E-state index in [4.69, 9.17) is 5.11 Å². The predicted molar refractivity (Wildman–Crippen MR) is 104 cm³/mol. The molecule has 27 heavy (non-hydrogen) atoms. The van der Waals surface area contributed by atoms with Gasteiger partial charge in [0.05, 0.1) is 24.4 Å². The van der Waals surface area contributed by atoms with Gasteiger partial charge >= 0.3 is 0 Å². The fraction of sp³-hybridized carbons (Fsp3) is 0.333. The van der Waals surface area contributed by atoms with Crippen LogP contribution in [0.1, 0.15) is 28.8 Å². The lowest BCUT2D eigenvalue weighted by Gasteiger charge is -2.20. The molecule has 6 nitrogen and oxygen atoms in total. The summed E-state index contributed by atoms with van der Waals surface area (Å²) >= 11 is 0. The summed E-state index contributed by atoms with van der Waals surface area (Å²) in [5.41, 5.74) is 1.94. The van der Waals surface area contributed by atoms with Crippen LogP contribution >= 0.6 is 0 Å². The Kier molecular flexibility index (Phi) is 6.57. The van der Waals surface area contributed by atoms with Crippen LogP contribution in [0.25, 0.3) is 0 Å². The van der Waals surface area contributed by atoms with Crippen molar-refractivity contribution in [2.24, 2.45) is 0 Å². The van der Waals surface area contributed by atoms with Gasteiger partial charge < -0.3 is 15.7 Å². The number of hydrogen-bond acceptors (Lipinski definition) is 4. The van der Waals surface area contributed by atoms with Gasteiger partial charge in [0.25, 0.3) is 5.91 Å². The number of benzene rings is 2. The van der Waals surface area contributed by atoms with Gasteiger partial charge in [0.2, 0.25) is 5.91 Å². The van der Waals surface area contributed by atoms with E-state index in [1.807, 2.05) is 35.2 Å². The van der Waals surface area contributed by atoms with Crippen molar-refractivity contribution in [3.05, 3.63) is 65.7 Å². The minimum absolute atomic E-state index is 0.0300. The van der Waals surface area contributed by atoms with Crippen molar-refractivity contribution in [2.45, 2.75) is 25.4 Å². The van der Waals surface area contributed by atoms with E-state index < -0.39 is 0 Å². The summed E-state index contributed by atoms with van der Waals surface area (Å²) in [6.07, 6.45) is 2.12. The highest BCUT2D eigenvalue weighted by atomic mass is 16.3. The Morgan fingerprint density at radius 3 is 2.44 bits per heavy atom. The molecule has 0 saturated heterocycles. The van der Waals surface area contributed by atoms with Crippen molar-refractivity contribution >= 4 is 17.5 Å². The number of nitrogens with one attached hydrogen (secondary N) is 2. The first kappa shape index (κ1) is 19.1. The van der Waals surface area contributed by atoms with Gasteiger partial charge in [0.1, 0.15) is 0 Å². The molecule has 2 aromatic rings. The molecule has 0 aliphatic heterocycles. The second-order valence-corrected chi connectivity index (χ2v) is 6.69. The Labute approximate surface area is 159 Å². The molecule has 6 heteroatoms. The van der Waals surface area contributed by atoms with Crippen molar-refractivity contribution in [3.63, 3.8) is 0 Å². The average molecular weight is 367 g/mol. The van der Waals surface area contributed by atoms with Gasteiger partial charge in [-0.1, -0.05) is 42.5 Å². The van der Waals surface area contributed by atoms with Crippen molar-refractivity contribution in [3.8, 4) is 0 Å². The van der Waals surface area contributed by atoms with Gasteiger partial charge in [-0.05, 0) is 30.5 Å². The van der Waals surface area contributed by atoms with E-state index in [1.165, 1.54) is 0 Å². The minimum Gasteiger partial charge on any atom is -0.395 e. The fourth-order valence-corrected chi connectivity index (χ4v) is 3.00. The lowest BCUT2D eigenvalue weighted by molar-refractivity contribution is -0.117. The molecule has 0 aromatic heterocycles. The summed E-state index contributed by atoms with van der Waals surface area (Å²) < 4.78 is 0. The molecule has 1 aliphatic carbocycles. The maximum atomic E-state index is 12.6. The summed E-state index contributed by atoms with van der Waals surface area (Å²) in [7, 11) is 0. The van der Waals surface area contributed by atoms with Gasteiger partial charge in [-0.25, -0.2) is 0 Å². The van der Waals surface area contributed by atoms with E-state index in [1.54, 1.807) is 24.3 Å². The third kappa shape index (κ3) is 5.64. The number of aliphatic hydroxyl groups is 1. The zero-order valence-corrected chi connectivity index (χ0v) is 15.2. The summed E-state index contributed by atoms with van der Waals surface area (Å²) in [6.45, 7) is 1.15. The molecule has 2 aromatic carbocycles. The van der Waals surface area contributed by atoms with E-state index in [9.17, 15) is 9.59 Å². The number of nitrogens with zero attached hydrogens (tertiary/aromatic N) is 1. The maximum Gasteiger partial charge on any atom is 0.253 e. The van der Waals surface area contributed by atoms with Crippen molar-refractivity contribution < 1.29 is 14.7 Å². The summed E-state index contributed by atoms with van der Waals surface area (Å²) in [6, 6.07) is 17.0. The lowest BCUT2D eigenvalue weighted by Crippen LogP contribution is -2.37. The highest BCUT2D eigenvalue weighted by Gasteiger charge is 2.29. The molecule has 1 fully saturated rings. The largest absolute Gasteiger partial charge is 0.395 e. The third-order valence-electron chi connectivity index (χ3n) is 4.54. The molecule has 0 unspecified atom stereocenters. The number of rotatable bonds is 9. The maximum absolute atomic E-state index is 12.6. The second-order valence-electron chi connectivity index (χ2n) is 6.69.